The smallest absolute Gasteiger partial charge is 0.292 e. The first-order valence-electron chi connectivity index (χ1n) is 9.30. The maximum atomic E-state index is 11.4. The Hall–Kier alpha value is -1.44. The fraction of sp³-hybridized carbons (Fsp3) is 0.684. The van der Waals surface area contributed by atoms with E-state index >= 15 is 0 Å². The van der Waals surface area contributed by atoms with Gasteiger partial charge < -0.3 is 14.5 Å². The first-order valence-corrected chi connectivity index (χ1v) is 11.4. The molecule has 0 atom stereocenters. The van der Waals surface area contributed by atoms with Crippen LogP contribution in [0.3, 0.4) is 0 Å². The molecule has 0 aliphatic carbocycles. The third kappa shape index (κ3) is 5.28. The van der Waals surface area contributed by atoms with Gasteiger partial charge in [-0.3, -0.25) is 10.1 Å². The van der Waals surface area contributed by atoms with Crippen LogP contribution in [0.5, 0.6) is 0 Å². The molecule has 0 fully saturated rings. The van der Waals surface area contributed by atoms with Crippen molar-refractivity contribution in [2.24, 2.45) is 0 Å². The minimum absolute atomic E-state index is 0.0770. The maximum absolute atomic E-state index is 11.4. The Morgan fingerprint density at radius 1 is 1.12 bits per heavy atom. The van der Waals surface area contributed by atoms with Crippen LogP contribution in [0.4, 0.5) is 11.4 Å². The summed E-state index contributed by atoms with van der Waals surface area (Å²) in [6.45, 7) is 14.8. The van der Waals surface area contributed by atoms with Gasteiger partial charge in [0.15, 0.2) is 0 Å². The SMILES string of the molecule is COCCNc1ccc(CO[Si](C(C)C)(C(C)C)C(C)C)cc1[N+](=O)[O-]. The number of hydrogen-bond donors (Lipinski definition) is 1. The Morgan fingerprint density at radius 2 is 1.69 bits per heavy atom. The molecule has 26 heavy (non-hydrogen) atoms. The monoisotopic (exact) mass is 382 g/mol. The molecule has 148 valence electrons. The zero-order valence-corrected chi connectivity index (χ0v) is 18.2. The number of rotatable bonds is 11. The highest BCUT2D eigenvalue weighted by molar-refractivity contribution is 6.77. The molecule has 0 bridgehead atoms. The Labute approximate surface area is 158 Å². The number of nitro groups is 1. The van der Waals surface area contributed by atoms with Crippen LogP contribution in [-0.2, 0) is 15.8 Å². The minimum atomic E-state index is -2.00. The average Bonchev–Trinajstić information content (AvgIpc) is 2.55. The minimum Gasteiger partial charge on any atom is -0.412 e. The third-order valence-corrected chi connectivity index (χ3v) is 11.1. The first kappa shape index (κ1) is 22.6. The summed E-state index contributed by atoms with van der Waals surface area (Å²) in [6.07, 6.45) is 0. The second-order valence-corrected chi connectivity index (χ2v) is 13.1. The summed E-state index contributed by atoms with van der Waals surface area (Å²) in [4.78, 5) is 11.1. The zero-order valence-electron chi connectivity index (χ0n) is 17.2. The van der Waals surface area contributed by atoms with E-state index in [1.807, 2.05) is 6.07 Å². The lowest BCUT2D eigenvalue weighted by atomic mass is 10.2. The molecule has 0 spiro atoms. The number of benzene rings is 1. The van der Waals surface area contributed by atoms with Gasteiger partial charge in [0.25, 0.3) is 5.69 Å². The molecular weight excluding hydrogens is 348 g/mol. The van der Waals surface area contributed by atoms with Crippen LogP contribution in [0.1, 0.15) is 47.1 Å². The summed E-state index contributed by atoms with van der Waals surface area (Å²) in [7, 11) is -0.394. The quantitative estimate of drug-likeness (QED) is 0.242. The molecule has 0 aliphatic heterocycles. The van der Waals surface area contributed by atoms with E-state index < -0.39 is 8.32 Å². The lowest BCUT2D eigenvalue weighted by molar-refractivity contribution is -0.384. The van der Waals surface area contributed by atoms with Crippen molar-refractivity contribution in [1.29, 1.82) is 0 Å². The summed E-state index contributed by atoms with van der Waals surface area (Å²) >= 11 is 0. The van der Waals surface area contributed by atoms with Crippen molar-refractivity contribution < 1.29 is 14.1 Å². The van der Waals surface area contributed by atoms with Gasteiger partial charge in [0, 0.05) is 19.7 Å². The molecule has 0 heterocycles. The normalized spacial score (nSPS) is 12.2. The van der Waals surface area contributed by atoms with Gasteiger partial charge in [0.1, 0.15) is 5.69 Å². The average molecular weight is 383 g/mol. The Balaban J connectivity index is 3.02. The van der Waals surface area contributed by atoms with Crippen LogP contribution >= 0.6 is 0 Å². The van der Waals surface area contributed by atoms with Crippen molar-refractivity contribution in [3.63, 3.8) is 0 Å². The molecule has 7 heteroatoms. The number of hydrogen-bond acceptors (Lipinski definition) is 5. The summed E-state index contributed by atoms with van der Waals surface area (Å²) in [5.74, 6) is 0. The number of ether oxygens (including phenoxy) is 1. The van der Waals surface area contributed by atoms with E-state index in [4.69, 9.17) is 9.16 Å². The predicted molar refractivity (Wildman–Crippen MR) is 109 cm³/mol. The number of methoxy groups -OCH3 is 1. The van der Waals surface area contributed by atoms with E-state index in [1.165, 1.54) is 0 Å². The first-order chi connectivity index (χ1) is 12.2. The van der Waals surface area contributed by atoms with Crippen molar-refractivity contribution in [3.05, 3.63) is 33.9 Å². The van der Waals surface area contributed by atoms with Crippen LogP contribution < -0.4 is 5.32 Å². The largest absolute Gasteiger partial charge is 0.412 e. The van der Waals surface area contributed by atoms with Crippen LogP contribution in [0.15, 0.2) is 18.2 Å². The summed E-state index contributed by atoms with van der Waals surface area (Å²) in [6, 6.07) is 5.29. The molecule has 0 aliphatic rings. The number of anilines is 1. The van der Waals surface area contributed by atoms with Gasteiger partial charge in [-0.25, -0.2) is 0 Å². The van der Waals surface area contributed by atoms with Crippen molar-refractivity contribution in [2.45, 2.75) is 64.8 Å². The van der Waals surface area contributed by atoms with Gasteiger partial charge in [-0.1, -0.05) is 47.6 Å². The molecule has 0 saturated carbocycles. The summed E-state index contributed by atoms with van der Waals surface area (Å²) in [5.41, 5.74) is 2.87. The van der Waals surface area contributed by atoms with Crippen LogP contribution in [0.2, 0.25) is 16.6 Å². The molecule has 0 saturated heterocycles. The molecular formula is C19H34N2O4Si. The van der Waals surface area contributed by atoms with Crippen molar-refractivity contribution >= 4 is 19.7 Å². The number of nitrogens with one attached hydrogen (secondary N) is 1. The van der Waals surface area contributed by atoms with E-state index in [1.54, 1.807) is 19.2 Å². The maximum Gasteiger partial charge on any atom is 0.292 e. The van der Waals surface area contributed by atoms with Gasteiger partial charge in [-0.2, -0.15) is 0 Å². The third-order valence-electron chi connectivity index (χ3n) is 5.08. The molecule has 1 aromatic carbocycles. The van der Waals surface area contributed by atoms with E-state index in [9.17, 15) is 10.1 Å². The molecule has 0 aromatic heterocycles. The lowest BCUT2D eigenvalue weighted by Gasteiger charge is -2.42. The molecule has 0 amide bonds. The lowest BCUT2D eigenvalue weighted by Crippen LogP contribution is -2.47. The van der Waals surface area contributed by atoms with E-state index in [0.29, 0.717) is 42.1 Å². The van der Waals surface area contributed by atoms with E-state index in [-0.39, 0.29) is 10.6 Å². The van der Waals surface area contributed by atoms with Crippen LogP contribution in [0.25, 0.3) is 0 Å². The standard InChI is InChI=1S/C19H34N2O4Si/c1-14(2)26(15(3)4,16(5)6)25-13-17-8-9-18(20-10-11-24-7)19(12-17)21(22)23/h8-9,12,14-16,20H,10-11,13H2,1-7H3. The van der Waals surface area contributed by atoms with Crippen molar-refractivity contribution in [2.75, 3.05) is 25.6 Å². The van der Waals surface area contributed by atoms with Crippen molar-refractivity contribution in [1.82, 2.24) is 0 Å². The number of nitrogens with zero attached hydrogens (tertiary/aromatic N) is 1. The summed E-state index contributed by atoms with van der Waals surface area (Å²) < 4.78 is 11.5. The zero-order chi connectivity index (χ0) is 19.9. The molecule has 6 nitrogen and oxygen atoms in total. The highest BCUT2D eigenvalue weighted by atomic mass is 28.4. The van der Waals surface area contributed by atoms with Gasteiger partial charge >= 0.3 is 0 Å². The van der Waals surface area contributed by atoms with Gasteiger partial charge in [-0.05, 0) is 28.3 Å². The predicted octanol–water partition coefficient (Wildman–Crippen LogP) is 5.35. The van der Waals surface area contributed by atoms with E-state index in [2.05, 4.69) is 46.9 Å². The van der Waals surface area contributed by atoms with Crippen LogP contribution in [0, 0.1) is 10.1 Å². The Morgan fingerprint density at radius 3 is 2.15 bits per heavy atom. The fourth-order valence-corrected chi connectivity index (χ4v) is 9.38. The molecule has 0 radical (unpaired) electrons. The second-order valence-electron chi connectivity index (χ2n) is 7.63. The van der Waals surface area contributed by atoms with E-state index in [0.717, 1.165) is 5.56 Å². The molecule has 1 N–H and O–H groups in total. The highest BCUT2D eigenvalue weighted by Gasteiger charge is 2.45. The van der Waals surface area contributed by atoms with Gasteiger partial charge in [0.05, 0.1) is 18.1 Å². The Bertz CT molecular complexity index is 569. The Kier molecular flexibility index (Phi) is 8.72. The summed E-state index contributed by atoms with van der Waals surface area (Å²) in [5, 5.41) is 14.5. The number of nitro benzene ring substituents is 1. The van der Waals surface area contributed by atoms with Gasteiger partial charge in [0.2, 0.25) is 8.32 Å². The highest BCUT2D eigenvalue weighted by Crippen LogP contribution is 2.42. The van der Waals surface area contributed by atoms with Crippen LogP contribution in [-0.4, -0.2) is 33.5 Å². The topological polar surface area (TPSA) is 73.6 Å². The molecule has 1 aromatic rings. The van der Waals surface area contributed by atoms with Gasteiger partial charge in [-0.15, -0.1) is 0 Å². The second kappa shape index (κ2) is 10.0. The molecule has 1 rings (SSSR count). The van der Waals surface area contributed by atoms with Crippen molar-refractivity contribution in [3.8, 4) is 0 Å². The molecule has 0 unspecified atom stereocenters. The fourth-order valence-electron chi connectivity index (χ4n) is 3.96.